The Labute approximate surface area is 324 Å². The molecule has 5 aromatic rings. The number of imidazole rings is 2. The zero-order valence-electron chi connectivity index (χ0n) is 31.9. The highest BCUT2D eigenvalue weighted by molar-refractivity contribution is 5.89. The number of alkyl carbamates (subject to hydrolysis) is 2. The number of likely N-dealkylation sites (tertiary alicyclic amines) is 1. The number of aryl methyl sites for hydroxylation is 1. The van der Waals surface area contributed by atoms with E-state index >= 15 is 0 Å². The van der Waals surface area contributed by atoms with Gasteiger partial charge in [-0.2, -0.15) is 0 Å². The zero-order chi connectivity index (χ0) is 39.0. The summed E-state index contributed by atoms with van der Waals surface area (Å²) in [5.41, 5.74) is 6.26. The predicted octanol–water partition coefficient (Wildman–Crippen LogP) is 5.93. The molecule has 5 N–H and O–H groups in total. The molecule has 3 aromatic heterocycles. The molecule has 2 unspecified atom stereocenters. The van der Waals surface area contributed by atoms with E-state index in [1.807, 2.05) is 47.5 Å². The van der Waals surface area contributed by atoms with E-state index < -0.39 is 18.2 Å². The smallest absolute Gasteiger partial charge is 0.407 e. The molecule has 15 nitrogen and oxygen atoms in total. The summed E-state index contributed by atoms with van der Waals surface area (Å²) in [6, 6.07) is 15.5. The topological polar surface area (TPSA) is 196 Å². The number of H-pyrrole nitrogens is 2. The fourth-order valence-corrected chi connectivity index (χ4v) is 6.86. The average molecular weight is 764 g/mol. The maximum atomic E-state index is 13.6. The second kappa shape index (κ2) is 17.6. The number of benzene rings is 2. The summed E-state index contributed by atoms with van der Waals surface area (Å²) >= 11 is 0. The highest BCUT2D eigenvalue weighted by Crippen LogP contribution is 2.38. The number of pyridine rings is 1. The Morgan fingerprint density at radius 1 is 0.839 bits per heavy atom. The fraction of sp³-hybridized carbons (Fsp3) is 0.439. The van der Waals surface area contributed by atoms with E-state index in [1.54, 1.807) is 0 Å². The van der Waals surface area contributed by atoms with Crippen molar-refractivity contribution < 1.29 is 28.7 Å². The van der Waals surface area contributed by atoms with Crippen molar-refractivity contribution in [1.29, 1.82) is 0 Å². The second-order valence-corrected chi connectivity index (χ2v) is 14.6. The van der Waals surface area contributed by atoms with Gasteiger partial charge in [-0.25, -0.2) is 24.5 Å². The molecule has 56 heavy (non-hydrogen) atoms. The van der Waals surface area contributed by atoms with E-state index in [-0.39, 0.29) is 30.3 Å². The van der Waals surface area contributed by atoms with Crippen LogP contribution in [0.2, 0.25) is 0 Å². The number of fused-ring (bicyclic) bond motifs is 2. The van der Waals surface area contributed by atoms with E-state index in [0.29, 0.717) is 13.1 Å². The van der Waals surface area contributed by atoms with Crippen molar-refractivity contribution in [3.63, 3.8) is 0 Å². The number of rotatable bonds is 13. The standard InChI is InChI=1S/C38H43N9O6.C3H6/c1-52-37(50)41-21-33(48)39-16-4-3-7-32-40-20-30(43-32)24-11-14-26-23(18-24)10-13-27(42-26)25-12-15-28-29(19-25)45-35(44-28)31-6-5-17-47(31)36(49)34(22-8-9-22)46-38(51)53-2;1-2-3-1/h10-15,18-20,22,31,34H,3-9,16-17,21H2,1-2H3,(H,39,48)(H,40,43)(H,41,50)(H,44,45)(H,46,51);1-3H2. The number of nitrogens with zero attached hydrogens (tertiary/aromatic N) is 4. The van der Waals surface area contributed by atoms with Gasteiger partial charge in [-0.15, -0.1) is 0 Å². The highest BCUT2D eigenvalue weighted by Gasteiger charge is 2.43. The molecule has 0 bridgehead atoms. The van der Waals surface area contributed by atoms with Gasteiger partial charge in [0, 0.05) is 36.0 Å². The lowest BCUT2D eigenvalue weighted by Crippen LogP contribution is -2.49. The summed E-state index contributed by atoms with van der Waals surface area (Å²) in [5, 5.41) is 8.89. The van der Waals surface area contributed by atoms with E-state index in [9.17, 15) is 19.2 Å². The molecule has 4 amide bonds. The van der Waals surface area contributed by atoms with Crippen LogP contribution in [0.1, 0.15) is 75.5 Å². The normalized spacial score (nSPS) is 16.5. The first kappa shape index (κ1) is 38.3. The number of unbranched alkanes of at least 4 members (excludes halogenated alkanes) is 1. The fourth-order valence-electron chi connectivity index (χ4n) is 6.86. The van der Waals surface area contributed by atoms with Crippen molar-refractivity contribution in [3.05, 3.63) is 66.4 Å². The largest absolute Gasteiger partial charge is 0.453 e. The number of nitrogens with one attached hydrogen (secondary N) is 5. The van der Waals surface area contributed by atoms with Crippen LogP contribution in [0, 0.1) is 5.92 Å². The first-order chi connectivity index (χ1) is 27.3. The monoisotopic (exact) mass is 763 g/mol. The Morgan fingerprint density at radius 3 is 2.39 bits per heavy atom. The molecular formula is C41H49N9O6. The van der Waals surface area contributed by atoms with Gasteiger partial charge in [0.1, 0.15) is 17.7 Å². The van der Waals surface area contributed by atoms with Crippen molar-refractivity contribution in [1.82, 2.24) is 45.8 Å². The number of aromatic nitrogens is 5. The average Bonchev–Trinajstić information content (AvgIpc) is 4.14. The number of carbonyl (C=O) groups excluding carboxylic acids is 4. The number of aromatic amines is 2. The van der Waals surface area contributed by atoms with Crippen molar-refractivity contribution in [2.45, 2.75) is 76.3 Å². The molecule has 1 saturated heterocycles. The van der Waals surface area contributed by atoms with Gasteiger partial charge in [0.15, 0.2) is 0 Å². The molecule has 15 heteroatoms. The predicted molar refractivity (Wildman–Crippen MR) is 210 cm³/mol. The maximum Gasteiger partial charge on any atom is 0.407 e. The molecule has 2 aliphatic carbocycles. The minimum atomic E-state index is -0.639. The lowest BCUT2D eigenvalue weighted by Gasteiger charge is -2.28. The van der Waals surface area contributed by atoms with Gasteiger partial charge in [-0.3, -0.25) is 9.59 Å². The zero-order valence-corrected chi connectivity index (χ0v) is 31.9. The molecule has 294 valence electrons. The molecule has 2 aromatic carbocycles. The van der Waals surface area contributed by atoms with E-state index in [4.69, 9.17) is 14.7 Å². The molecule has 1 aliphatic heterocycles. The van der Waals surface area contributed by atoms with E-state index in [0.717, 1.165) is 101 Å². The van der Waals surface area contributed by atoms with Crippen molar-refractivity contribution in [2.75, 3.05) is 33.9 Å². The van der Waals surface area contributed by atoms with Crippen LogP contribution in [0.3, 0.4) is 0 Å². The minimum absolute atomic E-state index is 0.0818. The van der Waals surface area contributed by atoms with Gasteiger partial charge in [0.25, 0.3) is 0 Å². The minimum Gasteiger partial charge on any atom is -0.453 e. The molecule has 2 atom stereocenters. The summed E-state index contributed by atoms with van der Waals surface area (Å²) in [6.45, 7) is 1.00. The molecule has 8 rings (SSSR count). The molecule has 3 aliphatic rings. The first-order valence-corrected chi connectivity index (χ1v) is 19.5. The van der Waals surface area contributed by atoms with Gasteiger partial charge in [-0.1, -0.05) is 37.5 Å². The Balaban J connectivity index is 0.00000153. The summed E-state index contributed by atoms with van der Waals surface area (Å²) in [7, 11) is 2.56. The Morgan fingerprint density at radius 2 is 1.62 bits per heavy atom. The van der Waals surface area contributed by atoms with Gasteiger partial charge in [0.2, 0.25) is 11.8 Å². The first-order valence-electron chi connectivity index (χ1n) is 19.5. The van der Waals surface area contributed by atoms with Crippen molar-refractivity contribution in [2.24, 2.45) is 5.92 Å². The molecule has 4 heterocycles. The Kier molecular flexibility index (Phi) is 12.1. The third kappa shape index (κ3) is 9.62. The van der Waals surface area contributed by atoms with Gasteiger partial charge in [-0.05, 0) is 74.8 Å². The third-order valence-electron chi connectivity index (χ3n) is 10.2. The van der Waals surface area contributed by atoms with Crippen molar-refractivity contribution in [3.8, 4) is 22.5 Å². The van der Waals surface area contributed by atoms with Crippen LogP contribution >= 0.6 is 0 Å². The Hall–Kier alpha value is -5.99. The second-order valence-electron chi connectivity index (χ2n) is 14.6. The van der Waals surface area contributed by atoms with Crippen LogP contribution in [0.15, 0.2) is 54.7 Å². The summed E-state index contributed by atoms with van der Waals surface area (Å²) in [6.07, 6.45) is 10.9. The lowest BCUT2D eigenvalue weighted by molar-refractivity contribution is -0.135. The molecule has 3 fully saturated rings. The number of ether oxygens (including phenoxy) is 2. The summed E-state index contributed by atoms with van der Waals surface area (Å²) in [4.78, 5) is 71.6. The summed E-state index contributed by atoms with van der Waals surface area (Å²) in [5.74, 6) is 1.41. The number of methoxy groups -OCH3 is 2. The summed E-state index contributed by atoms with van der Waals surface area (Å²) < 4.78 is 9.24. The van der Waals surface area contributed by atoms with Crippen molar-refractivity contribution >= 4 is 45.9 Å². The van der Waals surface area contributed by atoms with Crippen LogP contribution in [0.4, 0.5) is 9.59 Å². The van der Waals surface area contributed by atoms with Crippen LogP contribution in [-0.2, 0) is 25.5 Å². The quantitative estimate of drug-likeness (QED) is 0.0903. The Bertz CT molecular complexity index is 2190. The molecule has 2 saturated carbocycles. The molecular weight excluding hydrogens is 715 g/mol. The van der Waals surface area contributed by atoms with Crippen LogP contribution < -0.4 is 16.0 Å². The molecule has 0 spiro atoms. The molecule has 0 radical (unpaired) electrons. The van der Waals surface area contributed by atoms with Gasteiger partial charge < -0.3 is 40.3 Å². The third-order valence-corrected chi connectivity index (χ3v) is 10.2. The van der Waals surface area contributed by atoms with Gasteiger partial charge in [0.05, 0.1) is 60.9 Å². The van der Waals surface area contributed by atoms with E-state index in [2.05, 4.69) is 47.8 Å². The highest BCUT2D eigenvalue weighted by atomic mass is 16.5. The SMILES string of the molecule is C1CC1.COC(=O)NCC(=O)NCCCCc1ncc(-c2ccc3nc(-c4ccc5nc(C6CCCN6C(=O)C(NC(=O)OC)C6CC6)[nH]c5c4)ccc3c2)[nH]1. The van der Waals surface area contributed by atoms with Gasteiger partial charge >= 0.3 is 12.2 Å². The van der Waals surface area contributed by atoms with Crippen LogP contribution in [0.5, 0.6) is 0 Å². The number of hydrogen-bond donors (Lipinski definition) is 5. The number of carbonyl (C=O) groups is 4. The van der Waals surface area contributed by atoms with Crippen LogP contribution in [0.25, 0.3) is 44.5 Å². The number of hydrogen-bond acceptors (Lipinski definition) is 9. The van der Waals surface area contributed by atoms with E-state index in [1.165, 1.54) is 33.5 Å². The number of amides is 4. The lowest BCUT2D eigenvalue weighted by atomic mass is 10.1. The van der Waals surface area contributed by atoms with Crippen LogP contribution in [-0.4, -0.2) is 93.7 Å². The maximum absolute atomic E-state index is 13.6.